The maximum atomic E-state index is 13.0. The van der Waals surface area contributed by atoms with Crippen molar-refractivity contribution < 1.29 is 14.4 Å². The summed E-state index contributed by atoms with van der Waals surface area (Å²) in [5, 5.41) is 7.80. The summed E-state index contributed by atoms with van der Waals surface area (Å²) in [4.78, 5) is 40.7. The molecular weight excluding hydrogens is 398 g/mol. The largest absolute Gasteiger partial charge is 0.352 e. The summed E-state index contributed by atoms with van der Waals surface area (Å²) >= 11 is 1.36. The lowest BCUT2D eigenvalue weighted by molar-refractivity contribution is -0.125. The van der Waals surface area contributed by atoms with E-state index in [1.54, 1.807) is 6.07 Å². The number of thiophene rings is 1. The molecule has 2 N–H and O–H groups in total. The van der Waals surface area contributed by atoms with Crippen LogP contribution in [0.15, 0.2) is 47.8 Å². The van der Waals surface area contributed by atoms with Gasteiger partial charge in [-0.2, -0.15) is 0 Å². The Morgan fingerprint density at radius 3 is 2.37 bits per heavy atom. The number of likely N-dealkylation sites (tertiary alicyclic amines) is 1. The van der Waals surface area contributed by atoms with Crippen LogP contribution in [0.2, 0.25) is 0 Å². The molecule has 6 nitrogen and oxygen atoms in total. The van der Waals surface area contributed by atoms with Gasteiger partial charge < -0.3 is 15.5 Å². The van der Waals surface area contributed by atoms with Gasteiger partial charge in [0.1, 0.15) is 6.04 Å². The third-order valence-corrected chi connectivity index (χ3v) is 6.50. The zero-order valence-electron chi connectivity index (χ0n) is 17.5. The predicted molar refractivity (Wildman–Crippen MR) is 119 cm³/mol. The van der Waals surface area contributed by atoms with Crippen molar-refractivity contribution in [2.45, 2.75) is 45.2 Å². The Morgan fingerprint density at radius 1 is 1.07 bits per heavy atom. The van der Waals surface area contributed by atoms with Crippen molar-refractivity contribution in [3.8, 4) is 0 Å². The van der Waals surface area contributed by atoms with Crippen LogP contribution in [0, 0.1) is 5.92 Å². The van der Waals surface area contributed by atoms with Gasteiger partial charge in [0.05, 0.1) is 4.88 Å². The standard InChI is InChI=1S/C23H29N3O3S/c1-3-16(2)24-22(28)20(25-21(27)19-10-7-15-30-19)17-11-13-26(14-12-17)23(29)18-8-5-4-6-9-18/h4-10,15-17,20H,3,11-14H2,1-2H3,(H,24,28)(H,25,27)/t16-,20+/m1/s1. The van der Waals surface area contributed by atoms with E-state index in [4.69, 9.17) is 0 Å². The first-order valence-electron chi connectivity index (χ1n) is 10.5. The van der Waals surface area contributed by atoms with Crippen molar-refractivity contribution in [1.29, 1.82) is 0 Å². The van der Waals surface area contributed by atoms with Crippen LogP contribution < -0.4 is 10.6 Å². The molecule has 30 heavy (non-hydrogen) atoms. The Morgan fingerprint density at radius 2 is 1.77 bits per heavy atom. The summed E-state index contributed by atoms with van der Waals surface area (Å²) in [6.07, 6.45) is 2.16. The van der Waals surface area contributed by atoms with Gasteiger partial charge in [0.15, 0.2) is 0 Å². The van der Waals surface area contributed by atoms with Crippen LogP contribution in [0.1, 0.15) is 53.1 Å². The molecule has 7 heteroatoms. The quantitative estimate of drug-likeness (QED) is 0.712. The van der Waals surface area contributed by atoms with E-state index >= 15 is 0 Å². The number of hydrogen-bond donors (Lipinski definition) is 2. The van der Waals surface area contributed by atoms with Crippen LogP contribution in [0.4, 0.5) is 0 Å². The first-order valence-corrected chi connectivity index (χ1v) is 11.4. The fraction of sp³-hybridized carbons (Fsp3) is 0.435. The van der Waals surface area contributed by atoms with E-state index in [0.29, 0.717) is 36.4 Å². The monoisotopic (exact) mass is 427 g/mol. The second-order valence-electron chi connectivity index (χ2n) is 7.74. The average Bonchev–Trinajstić information content (AvgIpc) is 3.32. The van der Waals surface area contributed by atoms with E-state index < -0.39 is 6.04 Å². The van der Waals surface area contributed by atoms with Crippen LogP contribution in [0.25, 0.3) is 0 Å². The first kappa shape index (κ1) is 22.0. The SMILES string of the molecule is CC[C@@H](C)NC(=O)[C@@H](NC(=O)c1cccs1)C1CCN(C(=O)c2ccccc2)CC1. The van der Waals surface area contributed by atoms with Gasteiger partial charge in [-0.15, -0.1) is 11.3 Å². The Balaban J connectivity index is 1.67. The highest BCUT2D eigenvalue weighted by molar-refractivity contribution is 7.12. The molecule has 1 aromatic heterocycles. The molecule has 2 aromatic rings. The summed E-state index contributed by atoms with van der Waals surface area (Å²) < 4.78 is 0. The molecule has 0 spiro atoms. The minimum atomic E-state index is -0.609. The number of piperidine rings is 1. The highest BCUT2D eigenvalue weighted by atomic mass is 32.1. The van der Waals surface area contributed by atoms with Crippen molar-refractivity contribution >= 4 is 29.1 Å². The number of hydrogen-bond acceptors (Lipinski definition) is 4. The smallest absolute Gasteiger partial charge is 0.262 e. The second kappa shape index (κ2) is 10.4. The van der Waals surface area contributed by atoms with Gasteiger partial charge in [0.25, 0.3) is 11.8 Å². The summed E-state index contributed by atoms with van der Waals surface area (Å²) in [5.74, 6) is -0.380. The molecular formula is C23H29N3O3S. The highest BCUT2D eigenvalue weighted by Gasteiger charge is 2.34. The maximum absolute atomic E-state index is 13.0. The number of rotatable bonds is 7. The van der Waals surface area contributed by atoms with Gasteiger partial charge in [-0.05, 0) is 55.7 Å². The lowest BCUT2D eigenvalue weighted by Crippen LogP contribution is -2.55. The highest BCUT2D eigenvalue weighted by Crippen LogP contribution is 2.23. The predicted octanol–water partition coefficient (Wildman–Crippen LogP) is 3.31. The molecule has 2 heterocycles. The number of nitrogens with zero attached hydrogens (tertiary/aromatic N) is 1. The van der Waals surface area contributed by atoms with E-state index in [-0.39, 0.29) is 29.7 Å². The van der Waals surface area contributed by atoms with Crippen molar-refractivity contribution in [3.05, 3.63) is 58.3 Å². The molecule has 0 radical (unpaired) electrons. The van der Waals surface area contributed by atoms with Gasteiger partial charge in [0, 0.05) is 24.7 Å². The molecule has 1 aromatic carbocycles. The lowest BCUT2D eigenvalue weighted by Gasteiger charge is -2.36. The van der Waals surface area contributed by atoms with Gasteiger partial charge >= 0.3 is 0 Å². The average molecular weight is 428 g/mol. The normalized spacial score (nSPS) is 16.5. The molecule has 1 saturated heterocycles. The van der Waals surface area contributed by atoms with E-state index in [1.807, 2.05) is 60.5 Å². The van der Waals surface area contributed by atoms with Crippen LogP contribution >= 0.6 is 11.3 Å². The zero-order valence-corrected chi connectivity index (χ0v) is 18.3. The second-order valence-corrected chi connectivity index (χ2v) is 8.69. The molecule has 160 valence electrons. The van der Waals surface area contributed by atoms with Gasteiger partial charge in [-0.3, -0.25) is 14.4 Å². The first-order chi connectivity index (χ1) is 14.5. The van der Waals surface area contributed by atoms with Crippen LogP contribution in [-0.4, -0.2) is 47.8 Å². The Labute approximate surface area is 181 Å². The molecule has 0 unspecified atom stereocenters. The number of nitrogens with one attached hydrogen (secondary N) is 2. The third kappa shape index (κ3) is 5.48. The molecule has 3 rings (SSSR count). The minimum Gasteiger partial charge on any atom is -0.352 e. The molecule has 0 aliphatic carbocycles. The maximum Gasteiger partial charge on any atom is 0.262 e. The molecule has 0 bridgehead atoms. The fourth-order valence-corrected chi connectivity index (χ4v) is 4.28. The van der Waals surface area contributed by atoms with Crippen molar-refractivity contribution in [2.24, 2.45) is 5.92 Å². The molecule has 3 amide bonds. The van der Waals surface area contributed by atoms with Gasteiger partial charge in [-0.25, -0.2) is 0 Å². The van der Waals surface area contributed by atoms with E-state index in [1.165, 1.54) is 11.3 Å². The molecule has 2 atom stereocenters. The summed E-state index contributed by atoms with van der Waals surface area (Å²) in [6, 6.07) is 12.2. The number of benzene rings is 1. The van der Waals surface area contributed by atoms with Crippen molar-refractivity contribution in [2.75, 3.05) is 13.1 Å². The third-order valence-electron chi connectivity index (χ3n) is 5.63. The molecule has 1 fully saturated rings. The summed E-state index contributed by atoms with van der Waals surface area (Å²) in [6.45, 7) is 5.11. The number of amides is 3. The van der Waals surface area contributed by atoms with Crippen molar-refractivity contribution in [3.63, 3.8) is 0 Å². The Kier molecular flexibility index (Phi) is 7.63. The van der Waals surface area contributed by atoms with Crippen LogP contribution in [0.3, 0.4) is 0 Å². The van der Waals surface area contributed by atoms with E-state index in [0.717, 1.165) is 6.42 Å². The van der Waals surface area contributed by atoms with E-state index in [2.05, 4.69) is 10.6 Å². The molecule has 0 saturated carbocycles. The van der Waals surface area contributed by atoms with Crippen LogP contribution in [-0.2, 0) is 4.79 Å². The Bertz CT molecular complexity index is 846. The topological polar surface area (TPSA) is 78.5 Å². The lowest BCUT2D eigenvalue weighted by atomic mass is 9.88. The van der Waals surface area contributed by atoms with Crippen LogP contribution in [0.5, 0.6) is 0 Å². The van der Waals surface area contributed by atoms with Gasteiger partial charge in [0.2, 0.25) is 5.91 Å². The summed E-state index contributed by atoms with van der Waals surface area (Å²) in [7, 11) is 0. The number of carbonyl (C=O) groups excluding carboxylic acids is 3. The van der Waals surface area contributed by atoms with E-state index in [9.17, 15) is 14.4 Å². The summed E-state index contributed by atoms with van der Waals surface area (Å²) in [5.41, 5.74) is 0.674. The Hall–Kier alpha value is -2.67. The molecule has 1 aliphatic rings. The minimum absolute atomic E-state index is 0.0114. The van der Waals surface area contributed by atoms with Crippen molar-refractivity contribution in [1.82, 2.24) is 15.5 Å². The fourth-order valence-electron chi connectivity index (χ4n) is 3.65. The number of carbonyl (C=O) groups is 3. The molecule has 1 aliphatic heterocycles. The van der Waals surface area contributed by atoms with Gasteiger partial charge in [-0.1, -0.05) is 31.2 Å². The zero-order chi connectivity index (χ0) is 21.5.